The van der Waals surface area contributed by atoms with Gasteiger partial charge in [0.25, 0.3) is 11.8 Å². The molecule has 0 unspecified atom stereocenters. The predicted octanol–water partition coefficient (Wildman–Crippen LogP) is 2.69. The monoisotopic (exact) mass is 417 g/mol. The van der Waals surface area contributed by atoms with Crippen LogP contribution in [0.1, 0.15) is 29.8 Å². The van der Waals surface area contributed by atoms with Gasteiger partial charge in [-0.05, 0) is 43.5 Å². The Kier molecular flexibility index (Phi) is 5.11. The number of anilines is 1. The van der Waals surface area contributed by atoms with Crippen molar-refractivity contribution in [3.05, 3.63) is 66.5 Å². The Hall–Kier alpha value is -3.68. The van der Waals surface area contributed by atoms with Crippen molar-refractivity contribution in [2.45, 2.75) is 25.4 Å². The maximum atomic E-state index is 13.4. The largest absolute Gasteiger partial charge is 0.476 e. The van der Waals surface area contributed by atoms with E-state index in [2.05, 4.69) is 10.2 Å². The predicted molar refractivity (Wildman–Crippen MR) is 114 cm³/mol. The summed E-state index contributed by atoms with van der Waals surface area (Å²) in [5.74, 6) is 0.141. The number of rotatable bonds is 3. The van der Waals surface area contributed by atoms with E-state index in [9.17, 15) is 9.59 Å². The van der Waals surface area contributed by atoms with Crippen LogP contribution in [-0.2, 0) is 4.79 Å². The summed E-state index contributed by atoms with van der Waals surface area (Å²) in [5.41, 5.74) is 1.61. The van der Waals surface area contributed by atoms with Crippen molar-refractivity contribution >= 4 is 17.5 Å². The minimum absolute atomic E-state index is 0.0695. The van der Waals surface area contributed by atoms with Crippen molar-refractivity contribution in [1.82, 2.24) is 19.9 Å². The van der Waals surface area contributed by atoms with Gasteiger partial charge in [0, 0.05) is 13.1 Å². The first-order valence-electron chi connectivity index (χ1n) is 10.5. The van der Waals surface area contributed by atoms with Gasteiger partial charge in [0.05, 0.1) is 24.1 Å². The molecular weight excluding hydrogens is 394 g/mol. The Morgan fingerprint density at radius 2 is 1.68 bits per heavy atom. The van der Waals surface area contributed by atoms with E-state index in [1.807, 2.05) is 53.4 Å². The average molecular weight is 417 g/mol. The van der Waals surface area contributed by atoms with Crippen molar-refractivity contribution in [3.63, 3.8) is 0 Å². The van der Waals surface area contributed by atoms with Crippen LogP contribution in [0.15, 0.2) is 60.8 Å². The Morgan fingerprint density at radius 1 is 0.935 bits per heavy atom. The van der Waals surface area contributed by atoms with E-state index in [0.29, 0.717) is 11.4 Å². The number of para-hydroxylation sites is 3. The number of nitrogens with zero attached hydrogens (tertiary/aromatic N) is 5. The summed E-state index contributed by atoms with van der Waals surface area (Å²) in [5, 5.41) is 8.60. The number of carbonyl (C=O) groups excluding carboxylic acids is 2. The van der Waals surface area contributed by atoms with E-state index >= 15 is 0 Å². The third kappa shape index (κ3) is 3.76. The second-order valence-electron chi connectivity index (χ2n) is 7.73. The third-order valence-electron chi connectivity index (χ3n) is 5.66. The molecule has 0 N–H and O–H groups in total. The Labute approximate surface area is 180 Å². The van der Waals surface area contributed by atoms with E-state index in [0.717, 1.165) is 38.0 Å². The third-order valence-corrected chi connectivity index (χ3v) is 5.66. The number of amides is 2. The van der Waals surface area contributed by atoms with Crippen molar-refractivity contribution < 1.29 is 14.3 Å². The molecule has 0 saturated carbocycles. The quantitative estimate of drug-likeness (QED) is 0.655. The summed E-state index contributed by atoms with van der Waals surface area (Å²) in [4.78, 5) is 31.3. The van der Waals surface area contributed by atoms with Gasteiger partial charge in [0.1, 0.15) is 5.75 Å². The Balaban J connectivity index is 1.42. The number of piperidine rings is 1. The summed E-state index contributed by atoms with van der Waals surface area (Å²) in [6.07, 6.45) is 3.86. The summed E-state index contributed by atoms with van der Waals surface area (Å²) >= 11 is 0. The minimum atomic E-state index is -0.735. The lowest BCUT2D eigenvalue weighted by Crippen LogP contribution is -2.52. The standard InChI is InChI=1S/C23H23N5O3/c29-22(18-15-24-28(25-18)17-9-3-1-4-10-17)27-16-21(23(30)26-13-7-2-8-14-26)31-20-12-6-5-11-19(20)27/h1,3-6,9-12,15,21H,2,7-8,13-14,16H2/t21-/m1/s1. The first kappa shape index (κ1) is 19.3. The Morgan fingerprint density at radius 3 is 2.48 bits per heavy atom. The van der Waals surface area contributed by atoms with Crippen LogP contribution in [0.25, 0.3) is 5.69 Å². The number of ether oxygens (including phenoxy) is 1. The van der Waals surface area contributed by atoms with Crippen molar-refractivity contribution in [2.75, 3.05) is 24.5 Å². The van der Waals surface area contributed by atoms with Crippen LogP contribution >= 0.6 is 0 Å². The molecule has 1 aromatic heterocycles. The van der Waals surface area contributed by atoms with Gasteiger partial charge < -0.3 is 9.64 Å². The van der Waals surface area contributed by atoms with Crippen LogP contribution in [0, 0.1) is 0 Å². The lowest BCUT2D eigenvalue weighted by molar-refractivity contribution is -0.139. The number of benzene rings is 2. The second kappa shape index (κ2) is 8.22. The maximum absolute atomic E-state index is 13.4. The summed E-state index contributed by atoms with van der Waals surface area (Å²) in [7, 11) is 0. The molecule has 0 bridgehead atoms. The zero-order valence-electron chi connectivity index (χ0n) is 17.1. The molecule has 0 spiro atoms. The fourth-order valence-corrected chi connectivity index (χ4v) is 4.06. The number of carbonyl (C=O) groups is 2. The molecule has 3 aromatic rings. The van der Waals surface area contributed by atoms with Gasteiger partial charge in [-0.3, -0.25) is 14.5 Å². The van der Waals surface area contributed by atoms with Crippen molar-refractivity contribution in [2.24, 2.45) is 0 Å². The molecule has 1 fully saturated rings. The van der Waals surface area contributed by atoms with Gasteiger partial charge in [-0.25, -0.2) is 0 Å². The average Bonchev–Trinajstić information content (AvgIpc) is 3.34. The minimum Gasteiger partial charge on any atom is -0.476 e. The van der Waals surface area contributed by atoms with Crippen LogP contribution < -0.4 is 9.64 Å². The number of likely N-dealkylation sites (tertiary alicyclic amines) is 1. The van der Waals surface area contributed by atoms with Crippen LogP contribution in [0.3, 0.4) is 0 Å². The molecule has 8 heteroatoms. The molecule has 158 valence electrons. The second-order valence-corrected chi connectivity index (χ2v) is 7.73. The molecular formula is C23H23N5O3. The molecule has 3 heterocycles. The number of hydrogen-bond donors (Lipinski definition) is 0. The zero-order chi connectivity index (χ0) is 21.2. The molecule has 2 aromatic carbocycles. The van der Waals surface area contributed by atoms with Gasteiger partial charge in [-0.2, -0.15) is 9.90 Å². The molecule has 2 aliphatic heterocycles. The fraction of sp³-hybridized carbons (Fsp3) is 0.304. The lowest BCUT2D eigenvalue weighted by atomic mass is 10.1. The summed E-state index contributed by atoms with van der Waals surface area (Å²) in [6, 6.07) is 16.7. The molecule has 1 saturated heterocycles. The highest BCUT2D eigenvalue weighted by Gasteiger charge is 2.37. The van der Waals surface area contributed by atoms with Gasteiger partial charge in [0.2, 0.25) is 0 Å². The van der Waals surface area contributed by atoms with E-state index in [1.54, 1.807) is 11.0 Å². The zero-order valence-corrected chi connectivity index (χ0v) is 17.1. The molecule has 5 rings (SSSR count). The first-order valence-corrected chi connectivity index (χ1v) is 10.5. The highest BCUT2D eigenvalue weighted by atomic mass is 16.5. The molecule has 2 amide bonds. The summed E-state index contributed by atoms with van der Waals surface area (Å²) in [6.45, 7) is 1.61. The Bertz CT molecular complexity index is 1090. The summed E-state index contributed by atoms with van der Waals surface area (Å²) < 4.78 is 6.01. The number of hydrogen-bond acceptors (Lipinski definition) is 5. The van der Waals surface area contributed by atoms with Gasteiger partial charge in [-0.1, -0.05) is 30.3 Å². The SMILES string of the molecule is O=C([C@H]1CN(C(=O)c2cnn(-c3ccccc3)n2)c2ccccc2O1)N1CCCCC1. The van der Waals surface area contributed by atoms with Crippen LogP contribution in [0.5, 0.6) is 5.75 Å². The van der Waals surface area contributed by atoms with Crippen LogP contribution in [0.2, 0.25) is 0 Å². The van der Waals surface area contributed by atoms with Crippen molar-refractivity contribution in [1.29, 1.82) is 0 Å². The first-order chi connectivity index (χ1) is 15.2. The normalized spacial score (nSPS) is 18.3. The molecule has 2 aliphatic rings. The highest BCUT2D eigenvalue weighted by Crippen LogP contribution is 2.34. The van der Waals surface area contributed by atoms with E-state index in [4.69, 9.17) is 4.74 Å². The molecule has 1 atom stereocenters. The number of aromatic nitrogens is 3. The van der Waals surface area contributed by atoms with E-state index in [-0.39, 0.29) is 24.1 Å². The molecule has 31 heavy (non-hydrogen) atoms. The van der Waals surface area contributed by atoms with Gasteiger partial charge in [0.15, 0.2) is 11.8 Å². The lowest BCUT2D eigenvalue weighted by Gasteiger charge is -2.37. The highest BCUT2D eigenvalue weighted by molar-refractivity contribution is 6.06. The number of fused-ring (bicyclic) bond motifs is 1. The van der Waals surface area contributed by atoms with Crippen LogP contribution in [0.4, 0.5) is 5.69 Å². The maximum Gasteiger partial charge on any atom is 0.280 e. The van der Waals surface area contributed by atoms with E-state index < -0.39 is 6.10 Å². The van der Waals surface area contributed by atoms with E-state index in [1.165, 1.54) is 11.0 Å². The molecule has 0 aliphatic carbocycles. The van der Waals surface area contributed by atoms with Gasteiger partial charge >= 0.3 is 0 Å². The smallest absolute Gasteiger partial charge is 0.280 e. The molecule has 8 nitrogen and oxygen atoms in total. The fourth-order valence-electron chi connectivity index (χ4n) is 4.06. The van der Waals surface area contributed by atoms with Crippen molar-refractivity contribution in [3.8, 4) is 11.4 Å². The van der Waals surface area contributed by atoms with Gasteiger partial charge in [-0.15, -0.1) is 5.10 Å². The van der Waals surface area contributed by atoms with Crippen LogP contribution in [-0.4, -0.2) is 57.4 Å². The molecule has 0 radical (unpaired) electrons. The topological polar surface area (TPSA) is 80.6 Å².